The molecule has 0 aromatic carbocycles. The molecule has 0 saturated carbocycles. The number of thiophene rings is 1. The average Bonchev–Trinajstić information content (AvgIpc) is 2.83. The first-order valence-electron chi connectivity index (χ1n) is 7.44. The highest BCUT2D eigenvalue weighted by Gasteiger charge is 2.40. The van der Waals surface area contributed by atoms with Crippen LogP contribution in [0.4, 0.5) is 13.2 Å². The Morgan fingerprint density at radius 3 is 2.43 bits per heavy atom. The molecule has 1 aromatic rings. The number of hydrogen-bond donors (Lipinski definition) is 1. The summed E-state index contributed by atoms with van der Waals surface area (Å²) >= 11 is 1.75. The van der Waals surface area contributed by atoms with Crippen molar-refractivity contribution in [3.8, 4) is 0 Å². The smallest absolute Gasteiger partial charge is 0.310 e. The molecule has 0 spiro atoms. The Labute approximate surface area is 128 Å². The summed E-state index contributed by atoms with van der Waals surface area (Å²) in [5, 5.41) is 3.37. The van der Waals surface area contributed by atoms with E-state index in [9.17, 15) is 13.2 Å². The van der Waals surface area contributed by atoms with E-state index < -0.39 is 12.1 Å². The summed E-state index contributed by atoms with van der Waals surface area (Å²) in [7, 11) is 0. The number of alkyl halides is 3. The van der Waals surface area contributed by atoms with Crippen LogP contribution in [-0.4, -0.2) is 30.2 Å². The van der Waals surface area contributed by atoms with Crippen LogP contribution in [0.2, 0.25) is 0 Å². The fourth-order valence-corrected chi connectivity index (χ4v) is 3.56. The first-order valence-corrected chi connectivity index (χ1v) is 8.26. The third-order valence-corrected chi connectivity index (χ3v) is 4.90. The lowest BCUT2D eigenvalue weighted by Gasteiger charge is -2.32. The van der Waals surface area contributed by atoms with Gasteiger partial charge in [-0.15, -0.1) is 11.3 Å². The summed E-state index contributed by atoms with van der Waals surface area (Å²) in [6.07, 6.45) is -3.56. The highest BCUT2D eigenvalue weighted by Crippen LogP contribution is 2.34. The zero-order valence-corrected chi connectivity index (χ0v) is 13.4. The van der Waals surface area contributed by atoms with E-state index in [1.54, 1.807) is 11.3 Å². The SMILES string of the molecule is CC(C)NCc1ccc(CN2CCC(C(F)(F)F)CC2)s1. The molecule has 0 amide bonds. The van der Waals surface area contributed by atoms with Gasteiger partial charge in [0.25, 0.3) is 0 Å². The maximum absolute atomic E-state index is 12.6. The van der Waals surface area contributed by atoms with Crippen LogP contribution in [0.3, 0.4) is 0 Å². The molecule has 0 radical (unpaired) electrons. The van der Waals surface area contributed by atoms with E-state index >= 15 is 0 Å². The van der Waals surface area contributed by atoms with Gasteiger partial charge in [0.15, 0.2) is 0 Å². The van der Waals surface area contributed by atoms with Crippen molar-refractivity contribution in [3.05, 3.63) is 21.9 Å². The summed E-state index contributed by atoms with van der Waals surface area (Å²) < 4.78 is 37.9. The van der Waals surface area contributed by atoms with E-state index in [2.05, 4.69) is 36.2 Å². The minimum absolute atomic E-state index is 0.233. The molecule has 2 nitrogen and oxygen atoms in total. The van der Waals surface area contributed by atoms with Crippen LogP contribution < -0.4 is 5.32 Å². The molecule has 1 saturated heterocycles. The van der Waals surface area contributed by atoms with Crippen molar-refractivity contribution in [2.45, 2.75) is 52.0 Å². The summed E-state index contributed by atoms with van der Waals surface area (Å²) in [5.74, 6) is -1.11. The minimum Gasteiger partial charge on any atom is -0.310 e. The predicted molar refractivity (Wildman–Crippen MR) is 80.4 cm³/mol. The molecule has 2 heterocycles. The van der Waals surface area contributed by atoms with Gasteiger partial charge in [-0.3, -0.25) is 4.90 Å². The number of likely N-dealkylation sites (tertiary alicyclic amines) is 1. The first-order chi connectivity index (χ1) is 9.84. The Hall–Kier alpha value is -0.590. The minimum atomic E-state index is -4.02. The van der Waals surface area contributed by atoms with Gasteiger partial charge in [-0.1, -0.05) is 13.8 Å². The van der Waals surface area contributed by atoms with Gasteiger partial charge in [0.2, 0.25) is 0 Å². The van der Waals surface area contributed by atoms with Gasteiger partial charge in [-0.25, -0.2) is 0 Å². The molecule has 120 valence electrons. The zero-order valence-electron chi connectivity index (χ0n) is 12.5. The average molecular weight is 320 g/mol. The van der Waals surface area contributed by atoms with E-state index in [1.807, 2.05) is 0 Å². The van der Waals surface area contributed by atoms with E-state index in [0.717, 1.165) is 13.1 Å². The summed E-state index contributed by atoms with van der Waals surface area (Å²) in [4.78, 5) is 4.65. The molecule has 1 aliphatic rings. The number of nitrogens with one attached hydrogen (secondary N) is 1. The van der Waals surface area contributed by atoms with Gasteiger partial charge in [0.05, 0.1) is 5.92 Å². The number of halogens is 3. The monoisotopic (exact) mass is 320 g/mol. The highest BCUT2D eigenvalue weighted by atomic mass is 32.1. The fraction of sp³-hybridized carbons (Fsp3) is 0.733. The second-order valence-corrected chi connectivity index (χ2v) is 7.25. The van der Waals surface area contributed by atoms with Gasteiger partial charge >= 0.3 is 6.18 Å². The predicted octanol–water partition coefficient (Wildman–Crippen LogP) is 4.02. The van der Waals surface area contributed by atoms with E-state index in [4.69, 9.17) is 0 Å². The Morgan fingerprint density at radius 1 is 1.24 bits per heavy atom. The third kappa shape index (κ3) is 5.27. The molecular formula is C15H23F3N2S. The second-order valence-electron chi connectivity index (χ2n) is 6.00. The number of rotatable bonds is 5. The van der Waals surface area contributed by atoms with Crippen LogP contribution >= 0.6 is 11.3 Å². The lowest BCUT2D eigenvalue weighted by Crippen LogP contribution is -2.38. The summed E-state index contributed by atoms with van der Waals surface area (Å²) in [6, 6.07) is 4.66. The number of hydrogen-bond acceptors (Lipinski definition) is 3. The zero-order chi connectivity index (χ0) is 15.5. The topological polar surface area (TPSA) is 15.3 Å². The van der Waals surface area contributed by atoms with Crippen LogP contribution in [-0.2, 0) is 13.1 Å². The van der Waals surface area contributed by atoms with Gasteiger partial charge in [0, 0.05) is 28.9 Å². The highest BCUT2D eigenvalue weighted by molar-refractivity contribution is 7.11. The molecule has 21 heavy (non-hydrogen) atoms. The molecule has 1 aliphatic heterocycles. The van der Waals surface area contributed by atoms with E-state index in [1.165, 1.54) is 9.75 Å². The Morgan fingerprint density at radius 2 is 1.86 bits per heavy atom. The number of nitrogens with zero attached hydrogens (tertiary/aromatic N) is 1. The molecule has 0 atom stereocenters. The van der Waals surface area contributed by atoms with E-state index in [-0.39, 0.29) is 12.8 Å². The van der Waals surface area contributed by atoms with Crippen LogP contribution in [0.5, 0.6) is 0 Å². The largest absolute Gasteiger partial charge is 0.391 e. The molecular weight excluding hydrogens is 297 g/mol. The van der Waals surface area contributed by atoms with Crippen molar-refractivity contribution in [2.75, 3.05) is 13.1 Å². The van der Waals surface area contributed by atoms with Crippen molar-refractivity contribution >= 4 is 11.3 Å². The van der Waals surface area contributed by atoms with Gasteiger partial charge in [-0.05, 0) is 38.1 Å². The van der Waals surface area contributed by atoms with Crippen LogP contribution in [0.15, 0.2) is 12.1 Å². The van der Waals surface area contributed by atoms with Crippen molar-refractivity contribution < 1.29 is 13.2 Å². The normalized spacial score (nSPS) is 18.6. The maximum atomic E-state index is 12.6. The molecule has 2 rings (SSSR count). The quantitative estimate of drug-likeness (QED) is 0.881. The van der Waals surface area contributed by atoms with E-state index in [0.29, 0.717) is 19.1 Å². The number of piperidine rings is 1. The third-order valence-electron chi connectivity index (χ3n) is 3.83. The fourth-order valence-electron chi connectivity index (χ4n) is 2.55. The standard InChI is InChI=1S/C15H23F3N2S/c1-11(2)19-9-13-3-4-14(21-13)10-20-7-5-12(6-8-20)15(16,17)18/h3-4,11-12,19H,5-10H2,1-2H3. The maximum Gasteiger partial charge on any atom is 0.391 e. The second kappa shape index (κ2) is 7.11. The lowest BCUT2D eigenvalue weighted by atomic mass is 9.96. The summed E-state index contributed by atoms with van der Waals surface area (Å²) in [5.41, 5.74) is 0. The lowest BCUT2D eigenvalue weighted by molar-refractivity contribution is -0.185. The Bertz CT molecular complexity index is 434. The summed E-state index contributed by atoms with van der Waals surface area (Å²) in [6.45, 7) is 6.94. The van der Waals surface area contributed by atoms with Crippen molar-refractivity contribution in [3.63, 3.8) is 0 Å². The van der Waals surface area contributed by atoms with Gasteiger partial charge in [-0.2, -0.15) is 13.2 Å². The van der Waals surface area contributed by atoms with Crippen molar-refractivity contribution in [1.82, 2.24) is 10.2 Å². The van der Waals surface area contributed by atoms with Crippen LogP contribution in [0, 0.1) is 5.92 Å². The first kappa shape index (κ1) is 16.8. The van der Waals surface area contributed by atoms with Crippen LogP contribution in [0.1, 0.15) is 36.4 Å². The van der Waals surface area contributed by atoms with Crippen molar-refractivity contribution in [2.24, 2.45) is 5.92 Å². The molecule has 1 aromatic heterocycles. The van der Waals surface area contributed by atoms with Gasteiger partial charge in [0.1, 0.15) is 0 Å². The Kier molecular flexibility index (Phi) is 5.68. The Balaban J connectivity index is 1.78. The van der Waals surface area contributed by atoms with Crippen molar-refractivity contribution in [1.29, 1.82) is 0 Å². The molecule has 6 heteroatoms. The van der Waals surface area contributed by atoms with Gasteiger partial charge < -0.3 is 5.32 Å². The molecule has 0 unspecified atom stereocenters. The molecule has 1 N–H and O–H groups in total. The van der Waals surface area contributed by atoms with Crippen LogP contribution in [0.25, 0.3) is 0 Å². The molecule has 1 fully saturated rings. The molecule has 0 bridgehead atoms. The molecule has 0 aliphatic carbocycles.